The summed E-state index contributed by atoms with van der Waals surface area (Å²) in [7, 11) is 0. The highest BCUT2D eigenvalue weighted by Crippen LogP contribution is 2.17. The molecule has 0 saturated heterocycles. The minimum absolute atomic E-state index is 0.248. The molecule has 1 heterocycles. The van der Waals surface area contributed by atoms with Gasteiger partial charge in [0.15, 0.2) is 0 Å². The van der Waals surface area contributed by atoms with Crippen LogP contribution in [0.5, 0.6) is 0 Å². The number of aromatic nitrogens is 1. The van der Waals surface area contributed by atoms with Gasteiger partial charge in [-0.1, -0.05) is 24.3 Å². The summed E-state index contributed by atoms with van der Waals surface area (Å²) in [5.74, 6) is -0.783. The van der Waals surface area contributed by atoms with Crippen molar-refractivity contribution in [2.75, 3.05) is 0 Å². The van der Waals surface area contributed by atoms with Crippen molar-refractivity contribution in [1.82, 2.24) is 4.98 Å². The number of hydrogen-bond donors (Lipinski definition) is 0. The van der Waals surface area contributed by atoms with Crippen LogP contribution in [0.2, 0.25) is 0 Å². The number of carbonyl (C=O) groups excluding carboxylic acids is 1. The molecule has 0 unspecified atom stereocenters. The van der Waals surface area contributed by atoms with Crippen LogP contribution in [0.25, 0.3) is 10.8 Å². The Morgan fingerprint density at radius 1 is 1.21 bits per heavy atom. The Morgan fingerprint density at radius 2 is 2.00 bits per heavy atom. The molecule has 4 nitrogen and oxygen atoms in total. The second kappa shape index (κ2) is 3.33. The molecule has 2 aromatic rings. The van der Waals surface area contributed by atoms with Crippen molar-refractivity contribution in [2.45, 2.75) is 0 Å². The van der Waals surface area contributed by atoms with Crippen LogP contribution >= 0.6 is 0 Å². The van der Waals surface area contributed by atoms with E-state index in [0.29, 0.717) is 5.39 Å². The van der Waals surface area contributed by atoms with Gasteiger partial charge in [0.05, 0.1) is 5.56 Å². The summed E-state index contributed by atoms with van der Waals surface area (Å²) >= 11 is 0. The van der Waals surface area contributed by atoms with Crippen molar-refractivity contribution in [3.63, 3.8) is 0 Å². The van der Waals surface area contributed by atoms with Crippen molar-refractivity contribution in [1.29, 1.82) is 0 Å². The quantitative estimate of drug-likeness (QED) is 0.641. The lowest BCUT2D eigenvalue weighted by Gasteiger charge is -1.99. The van der Waals surface area contributed by atoms with E-state index in [1.165, 1.54) is 6.20 Å². The maximum atomic E-state index is 11.1. The number of fused-ring (bicyclic) bond motifs is 1. The fourth-order valence-corrected chi connectivity index (χ4v) is 1.34. The van der Waals surface area contributed by atoms with Gasteiger partial charge < -0.3 is 0 Å². The Kier molecular flexibility index (Phi) is 2.02. The van der Waals surface area contributed by atoms with Crippen molar-refractivity contribution < 1.29 is 4.79 Å². The Labute approximate surface area is 79.6 Å². The summed E-state index contributed by atoms with van der Waals surface area (Å²) in [5.41, 5.74) is 0.248. The first-order valence-corrected chi connectivity index (χ1v) is 4.03. The van der Waals surface area contributed by atoms with E-state index >= 15 is 0 Å². The van der Waals surface area contributed by atoms with Crippen molar-refractivity contribution in [2.24, 2.45) is 5.18 Å². The SMILES string of the molecule is O=NC(=O)c1cncc2ccccc12. The Balaban J connectivity index is 2.77. The second-order valence-electron chi connectivity index (χ2n) is 2.80. The Bertz CT molecular complexity index is 503. The first-order valence-electron chi connectivity index (χ1n) is 4.03. The van der Waals surface area contributed by atoms with E-state index in [4.69, 9.17) is 0 Å². The van der Waals surface area contributed by atoms with Gasteiger partial charge >= 0.3 is 5.91 Å². The first kappa shape index (κ1) is 8.50. The molecule has 0 radical (unpaired) electrons. The molecule has 68 valence electrons. The molecule has 0 fully saturated rings. The molecule has 0 aliphatic heterocycles. The highest BCUT2D eigenvalue weighted by atomic mass is 16.3. The number of hydrogen-bond acceptors (Lipinski definition) is 3. The molecule has 4 heteroatoms. The van der Waals surface area contributed by atoms with Gasteiger partial charge in [-0.3, -0.25) is 9.78 Å². The number of nitrogens with zero attached hydrogens (tertiary/aromatic N) is 2. The third-order valence-corrected chi connectivity index (χ3v) is 1.98. The molecule has 0 bridgehead atoms. The average Bonchev–Trinajstić information content (AvgIpc) is 2.27. The van der Waals surface area contributed by atoms with Gasteiger partial charge in [0.2, 0.25) is 0 Å². The molecular weight excluding hydrogens is 180 g/mol. The summed E-state index contributed by atoms with van der Waals surface area (Å²) in [5, 5.41) is 3.90. The van der Waals surface area contributed by atoms with Crippen molar-refractivity contribution in [3.8, 4) is 0 Å². The van der Waals surface area contributed by atoms with Crippen LogP contribution in [-0.4, -0.2) is 10.9 Å². The highest BCUT2D eigenvalue weighted by Gasteiger charge is 2.09. The summed E-state index contributed by atoms with van der Waals surface area (Å²) in [6.45, 7) is 0. The molecule has 1 aromatic heterocycles. The fraction of sp³-hybridized carbons (Fsp3) is 0. The fourth-order valence-electron chi connectivity index (χ4n) is 1.34. The molecular formula is C10H6N2O2. The molecule has 1 aromatic carbocycles. The second-order valence-corrected chi connectivity index (χ2v) is 2.80. The number of pyridine rings is 1. The lowest BCUT2D eigenvalue weighted by molar-refractivity contribution is 0.100. The third kappa shape index (κ3) is 1.26. The van der Waals surface area contributed by atoms with E-state index in [-0.39, 0.29) is 5.56 Å². The Hall–Kier alpha value is -2.10. The summed E-state index contributed by atoms with van der Waals surface area (Å²) < 4.78 is 0. The standard InChI is InChI=1S/C10H6N2O2/c13-10(12-14)9-6-11-5-7-3-1-2-4-8(7)9/h1-6H. The van der Waals surface area contributed by atoms with E-state index < -0.39 is 5.91 Å². The van der Waals surface area contributed by atoms with Crippen LogP contribution in [0.1, 0.15) is 10.4 Å². The third-order valence-electron chi connectivity index (χ3n) is 1.98. The van der Waals surface area contributed by atoms with Crippen molar-refractivity contribution >= 4 is 16.7 Å². The van der Waals surface area contributed by atoms with Gasteiger partial charge in [0.25, 0.3) is 0 Å². The van der Waals surface area contributed by atoms with Gasteiger partial charge in [0.1, 0.15) is 0 Å². The lowest BCUT2D eigenvalue weighted by Crippen LogP contribution is -1.95. The zero-order valence-electron chi connectivity index (χ0n) is 7.18. The molecule has 2 rings (SSSR count). The lowest BCUT2D eigenvalue weighted by atomic mass is 10.1. The van der Waals surface area contributed by atoms with Gasteiger partial charge in [0, 0.05) is 23.0 Å². The zero-order valence-corrected chi connectivity index (χ0v) is 7.18. The molecule has 0 N–H and O–H groups in total. The molecule has 14 heavy (non-hydrogen) atoms. The number of nitroso groups, excluding NO2 is 1. The van der Waals surface area contributed by atoms with Gasteiger partial charge in [-0.15, -0.1) is 4.91 Å². The van der Waals surface area contributed by atoms with Crippen LogP contribution in [0.3, 0.4) is 0 Å². The molecule has 0 atom stereocenters. The normalized spacial score (nSPS) is 10.0. The minimum atomic E-state index is -0.783. The maximum Gasteiger partial charge on any atom is 0.318 e. The number of amides is 1. The molecule has 0 spiro atoms. The predicted octanol–water partition coefficient (Wildman–Crippen LogP) is 2.14. The summed E-state index contributed by atoms with van der Waals surface area (Å²) in [6, 6.07) is 7.22. The zero-order chi connectivity index (χ0) is 9.97. The summed E-state index contributed by atoms with van der Waals surface area (Å²) in [4.78, 5) is 25.1. The van der Waals surface area contributed by atoms with E-state index in [0.717, 1.165) is 5.39 Å². The van der Waals surface area contributed by atoms with Gasteiger partial charge in [-0.25, -0.2) is 0 Å². The van der Waals surface area contributed by atoms with Crippen LogP contribution in [0.4, 0.5) is 0 Å². The predicted molar refractivity (Wildman–Crippen MR) is 51.9 cm³/mol. The molecule has 0 aliphatic rings. The van der Waals surface area contributed by atoms with E-state index in [1.807, 2.05) is 12.1 Å². The largest absolute Gasteiger partial charge is 0.318 e. The van der Waals surface area contributed by atoms with E-state index in [9.17, 15) is 9.70 Å². The van der Waals surface area contributed by atoms with Crippen LogP contribution in [0.15, 0.2) is 41.8 Å². The number of rotatable bonds is 1. The monoisotopic (exact) mass is 186 g/mol. The van der Waals surface area contributed by atoms with Crippen molar-refractivity contribution in [3.05, 3.63) is 47.1 Å². The minimum Gasteiger partial charge on any atom is -0.263 e. The van der Waals surface area contributed by atoms with Crippen LogP contribution in [-0.2, 0) is 0 Å². The highest BCUT2D eigenvalue weighted by molar-refractivity contribution is 6.06. The molecule has 0 aliphatic carbocycles. The summed E-state index contributed by atoms with van der Waals surface area (Å²) in [6.07, 6.45) is 2.99. The van der Waals surface area contributed by atoms with Gasteiger partial charge in [-0.05, 0) is 5.39 Å². The number of benzene rings is 1. The Morgan fingerprint density at radius 3 is 2.79 bits per heavy atom. The smallest absolute Gasteiger partial charge is 0.263 e. The van der Waals surface area contributed by atoms with Crippen LogP contribution < -0.4 is 0 Å². The van der Waals surface area contributed by atoms with Gasteiger partial charge in [-0.2, -0.15) is 0 Å². The maximum absolute atomic E-state index is 11.1. The number of carbonyl (C=O) groups is 1. The first-order chi connectivity index (χ1) is 6.83. The molecule has 1 amide bonds. The topological polar surface area (TPSA) is 59.4 Å². The van der Waals surface area contributed by atoms with E-state index in [1.54, 1.807) is 18.3 Å². The average molecular weight is 186 g/mol. The molecule has 0 saturated carbocycles. The van der Waals surface area contributed by atoms with Crippen LogP contribution in [0, 0.1) is 4.91 Å². The van der Waals surface area contributed by atoms with E-state index in [2.05, 4.69) is 10.2 Å².